The summed E-state index contributed by atoms with van der Waals surface area (Å²) in [6, 6.07) is 16.8. The Bertz CT molecular complexity index is 1970. The standard InChI is InChI=1S/C37H40N8.Pd/c1-35(2)29-17-23(42(7)8)19-31(40-29)44-21-25(33-27(44)13-11-15-38-33)36(3,4)37(5,6)26-22-45(28-14-12-16-39-34(26)28)32-20-24(43(9)10)18-30(35)41-32;/h11-20H,1-10H3;/q-2;+2. The van der Waals surface area contributed by atoms with Gasteiger partial charge in [-0.25, -0.2) is 0 Å². The Morgan fingerprint density at radius 1 is 0.609 bits per heavy atom. The van der Waals surface area contributed by atoms with Crippen LogP contribution in [0.4, 0.5) is 11.4 Å². The van der Waals surface area contributed by atoms with E-state index in [-0.39, 0.29) is 20.4 Å². The summed E-state index contributed by atoms with van der Waals surface area (Å²) in [6.45, 7) is 13.5. The van der Waals surface area contributed by atoms with Gasteiger partial charge in [0.05, 0.1) is 11.6 Å². The van der Waals surface area contributed by atoms with Crippen molar-refractivity contribution < 1.29 is 20.4 Å². The van der Waals surface area contributed by atoms with Crippen LogP contribution in [0.25, 0.3) is 33.7 Å². The molecule has 0 saturated carbocycles. The van der Waals surface area contributed by atoms with Crippen LogP contribution in [0, 0.1) is 12.4 Å². The minimum Gasteiger partial charge on any atom is -0.427 e. The van der Waals surface area contributed by atoms with Crippen LogP contribution < -0.4 is 9.80 Å². The molecule has 0 fully saturated rings. The Hall–Kier alpha value is -4.06. The zero-order valence-corrected chi connectivity index (χ0v) is 29.7. The first-order valence-electron chi connectivity index (χ1n) is 15.4. The van der Waals surface area contributed by atoms with Crippen molar-refractivity contribution in [3.05, 3.63) is 95.8 Å². The number of anilines is 2. The predicted octanol–water partition coefficient (Wildman–Crippen LogP) is 6.78. The van der Waals surface area contributed by atoms with Crippen molar-refractivity contribution in [2.45, 2.75) is 57.8 Å². The Morgan fingerprint density at radius 2 is 1.00 bits per heavy atom. The topological polar surface area (TPSA) is 67.9 Å². The summed E-state index contributed by atoms with van der Waals surface area (Å²) in [4.78, 5) is 24.8. The van der Waals surface area contributed by atoms with Gasteiger partial charge < -0.3 is 28.9 Å². The Labute approximate surface area is 285 Å². The zero-order chi connectivity index (χ0) is 32.1. The molecule has 7 heterocycles. The number of pyridine rings is 4. The van der Waals surface area contributed by atoms with Crippen molar-refractivity contribution in [3.8, 4) is 11.6 Å². The first kappa shape index (κ1) is 31.9. The summed E-state index contributed by atoms with van der Waals surface area (Å²) in [5, 5.41) is 0. The smallest absolute Gasteiger partial charge is 0.427 e. The van der Waals surface area contributed by atoms with Crippen LogP contribution >= 0.6 is 0 Å². The number of aromatic nitrogens is 6. The first-order chi connectivity index (χ1) is 21.2. The van der Waals surface area contributed by atoms with Gasteiger partial charge in [-0.3, -0.25) is 9.97 Å². The molecule has 1 aliphatic rings. The maximum Gasteiger partial charge on any atom is 2.00 e. The summed E-state index contributed by atoms with van der Waals surface area (Å²) < 4.78 is 4.17. The third kappa shape index (κ3) is 4.58. The van der Waals surface area contributed by atoms with E-state index in [2.05, 4.69) is 137 Å². The Kier molecular flexibility index (Phi) is 7.46. The molecule has 6 aromatic heterocycles. The van der Waals surface area contributed by atoms with Crippen LogP contribution in [-0.4, -0.2) is 57.3 Å². The van der Waals surface area contributed by atoms with Gasteiger partial charge in [-0.05, 0) is 60.0 Å². The monoisotopic (exact) mass is 702 g/mol. The van der Waals surface area contributed by atoms with Gasteiger partial charge >= 0.3 is 20.4 Å². The number of fused-ring (bicyclic) bond motifs is 16. The largest absolute Gasteiger partial charge is 2.00 e. The number of nitrogens with zero attached hydrogens (tertiary/aromatic N) is 8. The molecule has 0 N–H and O–H groups in total. The van der Waals surface area contributed by atoms with Crippen LogP contribution in [0.15, 0.2) is 60.9 Å². The summed E-state index contributed by atoms with van der Waals surface area (Å²) in [5.41, 5.74) is 8.32. The van der Waals surface area contributed by atoms with E-state index < -0.39 is 16.2 Å². The average Bonchev–Trinajstić information content (AvgIpc) is 3.60. The molecule has 9 heteroatoms. The minimum absolute atomic E-state index is 0. The molecule has 0 aliphatic carbocycles. The molecule has 0 aromatic carbocycles. The molecule has 0 radical (unpaired) electrons. The fourth-order valence-electron chi connectivity index (χ4n) is 6.37. The molecule has 0 amide bonds. The van der Waals surface area contributed by atoms with Crippen molar-refractivity contribution in [3.63, 3.8) is 0 Å². The molecule has 238 valence electrons. The van der Waals surface area contributed by atoms with Crippen LogP contribution in [0.2, 0.25) is 0 Å². The van der Waals surface area contributed by atoms with Crippen molar-refractivity contribution in [1.29, 1.82) is 0 Å². The van der Waals surface area contributed by atoms with Crippen molar-refractivity contribution in [1.82, 2.24) is 29.1 Å². The molecule has 1 aliphatic heterocycles. The van der Waals surface area contributed by atoms with Crippen molar-refractivity contribution >= 4 is 33.4 Å². The second kappa shape index (κ2) is 10.8. The SMILES string of the molecule is CN(C)c1cc2nc(c1)C(C)(C)c1cc(N(C)C)cc(n1)-n1[c-]c(c3ncccc31)C(C)(C)C(C)(C)c1[c-]n-2c2cccnc12.[Pd+2]. The number of hydrogen-bond donors (Lipinski definition) is 0. The first-order valence-corrected chi connectivity index (χ1v) is 15.4. The van der Waals surface area contributed by atoms with Crippen LogP contribution in [-0.2, 0) is 36.7 Å². The summed E-state index contributed by atoms with van der Waals surface area (Å²) in [6.07, 6.45) is 11.3. The van der Waals surface area contributed by atoms with E-state index in [0.29, 0.717) is 0 Å². The summed E-state index contributed by atoms with van der Waals surface area (Å²) >= 11 is 0. The van der Waals surface area contributed by atoms with E-state index in [0.717, 1.165) is 67.6 Å². The van der Waals surface area contributed by atoms with E-state index in [1.165, 1.54) is 0 Å². The summed E-state index contributed by atoms with van der Waals surface area (Å²) in [5.74, 6) is 1.59. The van der Waals surface area contributed by atoms with Gasteiger partial charge in [0.15, 0.2) is 0 Å². The maximum absolute atomic E-state index is 5.35. The predicted molar refractivity (Wildman–Crippen MR) is 182 cm³/mol. The second-order valence-electron chi connectivity index (χ2n) is 14.2. The van der Waals surface area contributed by atoms with Gasteiger partial charge in [-0.1, -0.05) is 86.5 Å². The normalized spacial score (nSPS) is 16.0. The van der Waals surface area contributed by atoms with Crippen LogP contribution in [0.1, 0.15) is 64.1 Å². The molecule has 0 atom stereocenters. The van der Waals surface area contributed by atoms with Gasteiger partial charge in [0.1, 0.15) is 0 Å². The van der Waals surface area contributed by atoms with E-state index in [4.69, 9.17) is 19.9 Å². The van der Waals surface area contributed by atoms with Crippen molar-refractivity contribution in [2.24, 2.45) is 0 Å². The fraction of sp³-hybridized carbons (Fsp3) is 0.351. The molecule has 8 bridgehead atoms. The third-order valence-corrected chi connectivity index (χ3v) is 10.2. The van der Waals surface area contributed by atoms with Gasteiger partial charge in [-0.15, -0.1) is 0 Å². The van der Waals surface area contributed by atoms with Crippen LogP contribution in [0.5, 0.6) is 0 Å². The van der Waals surface area contributed by atoms with Gasteiger partial charge in [0, 0.05) is 68.8 Å². The molecule has 7 rings (SSSR count). The molecule has 8 nitrogen and oxygen atoms in total. The molecule has 46 heavy (non-hydrogen) atoms. The van der Waals surface area contributed by atoms with E-state index >= 15 is 0 Å². The third-order valence-electron chi connectivity index (χ3n) is 10.2. The number of hydrogen-bond acceptors (Lipinski definition) is 6. The quantitative estimate of drug-likeness (QED) is 0.147. The average molecular weight is 703 g/mol. The van der Waals surface area contributed by atoms with E-state index in [9.17, 15) is 0 Å². The van der Waals surface area contributed by atoms with Gasteiger partial charge in [0.25, 0.3) is 0 Å². The maximum atomic E-state index is 5.35. The molecule has 0 saturated heterocycles. The number of rotatable bonds is 2. The molecular weight excluding hydrogens is 663 g/mol. The zero-order valence-electron chi connectivity index (χ0n) is 28.2. The second-order valence-corrected chi connectivity index (χ2v) is 14.2. The molecule has 6 aromatic rings. The fourth-order valence-corrected chi connectivity index (χ4v) is 6.37. The summed E-state index contributed by atoms with van der Waals surface area (Å²) in [7, 11) is 8.26. The van der Waals surface area contributed by atoms with Crippen molar-refractivity contribution in [2.75, 3.05) is 38.0 Å². The Balaban J connectivity index is 0.00000372. The van der Waals surface area contributed by atoms with Gasteiger partial charge in [-0.2, -0.15) is 0 Å². The Morgan fingerprint density at radius 3 is 1.37 bits per heavy atom. The molecular formula is C37H40N8Pd. The van der Waals surface area contributed by atoms with E-state index in [1.54, 1.807) is 0 Å². The minimum atomic E-state index is -0.547. The molecule has 0 unspecified atom stereocenters. The molecule has 0 spiro atoms. The van der Waals surface area contributed by atoms with Crippen LogP contribution in [0.3, 0.4) is 0 Å². The van der Waals surface area contributed by atoms with E-state index in [1.807, 2.05) is 24.5 Å². The van der Waals surface area contributed by atoms with Gasteiger partial charge in [0.2, 0.25) is 0 Å².